The van der Waals surface area contributed by atoms with Gasteiger partial charge in [0.25, 0.3) is 0 Å². The minimum absolute atomic E-state index is 0.160. The summed E-state index contributed by atoms with van der Waals surface area (Å²) in [5.74, 6) is -0.320. The molecule has 2 rings (SSSR count). The van der Waals surface area contributed by atoms with Crippen molar-refractivity contribution in [3.8, 4) is 0 Å². The molecule has 0 aromatic heterocycles. The zero-order chi connectivity index (χ0) is 20.9. The van der Waals surface area contributed by atoms with Gasteiger partial charge in [-0.25, -0.2) is 10.9 Å². The summed E-state index contributed by atoms with van der Waals surface area (Å²) in [5, 5.41) is 9.11. The highest BCUT2D eigenvalue weighted by atomic mass is 35.5. The lowest BCUT2D eigenvalue weighted by Crippen LogP contribution is -2.18. The van der Waals surface area contributed by atoms with Gasteiger partial charge < -0.3 is 0 Å². The zero-order valence-electron chi connectivity index (χ0n) is 15.8. The fraction of sp³-hybridized carbons (Fsp3) is 0.238. The molecule has 0 bridgehead atoms. The third-order valence-electron chi connectivity index (χ3n) is 3.85. The van der Waals surface area contributed by atoms with Gasteiger partial charge in [0, 0.05) is 22.9 Å². The molecule has 6 nitrogen and oxygen atoms in total. The first-order valence-electron chi connectivity index (χ1n) is 9.18. The van der Waals surface area contributed by atoms with Crippen LogP contribution in [0.4, 0.5) is 0 Å². The van der Waals surface area contributed by atoms with Crippen LogP contribution >= 0.6 is 23.2 Å². The summed E-state index contributed by atoms with van der Waals surface area (Å²) in [6.45, 7) is 0. The molecule has 0 saturated heterocycles. The van der Waals surface area contributed by atoms with Crippen LogP contribution in [0.3, 0.4) is 0 Å². The summed E-state index contributed by atoms with van der Waals surface area (Å²) in [7, 11) is 0. The molecule has 0 saturated carbocycles. The number of carbonyl (C=O) groups is 2. The van der Waals surface area contributed by atoms with E-state index >= 15 is 0 Å². The van der Waals surface area contributed by atoms with E-state index in [1.165, 1.54) is 0 Å². The average molecular weight is 433 g/mol. The van der Waals surface area contributed by atoms with Crippen molar-refractivity contribution >= 4 is 47.4 Å². The number of hydrazone groups is 2. The maximum Gasteiger partial charge on any atom is 0.240 e. The van der Waals surface area contributed by atoms with Gasteiger partial charge in [0.1, 0.15) is 0 Å². The summed E-state index contributed by atoms with van der Waals surface area (Å²) >= 11 is 11.6. The largest absolute Gasteiger partial charge is 0.273 e. The normalized spacial score (nSPS) is 11.1. The molecule has 152 valence electrons. The van der Waals surface area contributed by atoms with Gasteiger partial charge in [0.2, 0.25) is 11.8 Å². The second kappa shape index (κ2) is 12.7. The van der Waals surface area contributed by atoms with E-state index in [0.29, 0.717) is 35.7 Å². The van der Waals surface area contributed by atoms with Crippen LogP contribution in [0.5, 0.6) is 0 Å². The van der Waals surface area contributed by atoms with Gasteiger partial charge in [-0.2, -0.15) is 10.2 Å². The second-order valence-electron chi connectivity index (χ2n) is 6.25. The molecule has 0 unspecified atom stereocenters. The molecule has 0 aliphatic rings. The Hall–Kier alpha value is -2.70. The lowest BCUT2D eigenvalue weighted by Gasteiger charge is -2.01. The predicted octanol–water partition coefficient (Wildman–Crippen LogP) is 4.54. The fourth-order valence-electron chi connectivity index (χ4n) is 2.32. The van der Waals surface area contributed by atoms with Crippen molar-refractivity contribution in [2.24, 2.45) is 10.2 Å². The molecular weight excluding hydrogens is 411 g/mol. The highest BCUT2D eigenvalue weighted by Crippen LogP contribution is 2.08. The Balaban J connectivity index is 1.53. The standard InChI is InChI=1S/C21H22Cl2N4O2/c22-18-10-6-16(7-11-18)14-24-26-20(28)4-2-1-3-5-21(29)27-25-15-17-8-12-19(23)13-9-17/h6-15H,1-5H2,(H,26,28)(H,27,29). The maximum absolute atomic E-state index is 11.7. The number of hydrogen-bond acceptors (Lipinski definition) is 4. The van der Waals surface area contributed by atoms with Crippen LogP contribution in [0.15, 0.2) is 58.7 Å². The summed E-state index contributed by atoms with van der Waals surface area (Å²) < 4.78 is 0. The maximum atomic E-state index is 11.7. The lowest BCUT2D eigenvalue weighted by atomic mass is 10.1. The van der Waals surface area contributed by atoms with Crippen molar-refractivity contribution in [1.29, 1.82) is 0 Å². The van der Waals surface area contributed by atoms with Crippen LogP contribution in [0.1, 0.15) is 43.2 Å². The number of hydrogen-bond donors (Lipinski definition) is 2. The van der Waals surface area contributed by atoms with Crippen molar-refractivity contribution in [2.45, 2.75) is 32.1 Å². The van der Waals surface area contributed by atoms with Gasteiger partial charge >= 0.3 is 0 Å². The summed E-state index contributed by atoms with van der Waals surface area (Å²) in [4.78, 5) is 23.5. The highest BCUT2D eigenvalue weighted by Gasteiger charge is 2.02. The third-order valence-corrected chi connectivity index (χ3v) is 4.36. The van der Waals surface area contributed by atoms with Crippen molar-refractivity contribution in [3.05, 3.63) is 69.7 Å². The molecule has 0 fully saturated rings. The number of nitrogens with zero attached hydrogens (tertiary/aromatic N) is 2. The van der Waals surface area contributed by atoms with Gasteiger partial charge in [-0.05, 0) is 48.2 Å². The molecule has 0 heterocycles. The van der Waals surface area contributed by atoms with Gasteiger partial charge in [-0.15, -0.1) is 0 Å². The van der Waals surface area contributed by atoms with Crippen LogP contribution in [-0.4, -0.2) is 24.2 Å². The number of amides is 2. The molecule has 0 atom stereocenters. The van der Waals surface area contributed by atoms with E-state index in [2.05, 4.69) is 21.1 Å². The first-order chi connectivity index (χ1) is 14.0. The van der Waals surface area contributed by atoms with Gasteiger partial charge in [0.15, 0.2) is 0 Å². The summed E-state index contributed by atoms with van der Waals surface area (Å²) in [5.41, 5.74) is 6.66. The topological polar surface area (TPSA) is 82.9 Å². The van der Waals surface area contributed by atoms with Crippen LogP contribution in [0.25, 0.3) is 0 Å². The SMILES string of the molecule is O=C(CCCCCC(=O)NN=Cc1ccc(Cl)cc1)NN=Cc1ccc(Cl)cc1. The quantitative estimate of drug-likeness (QED) is 0.328. The van der Waals surface area contributed by atoms with Gasteiger partial charge in [0.05, 0.1) is 12.4 Å². The van der Waals surface area contributed by atoms with Gasteiger partial charge in [-0.3, -0.25) is 9.59 Å². The molecule has 2 aromatic rings. The molecule has 2 aromatic carbocycles. The first-order valence-corrected chi connectivity index (χ1v) is 9.93. The molecule has 0 aliphatic carbocycles. The number of carbonyl (C=O) groups excluding carboxylic acids is 2. The van der Waals surface area contributed by atoms with Crippen molar-refractivity contribution < 1.29 is 9.59 Å². The monoisotopic (exact) mass is 432 g/mol. The molecule has 0 spiro atoms. The number of unbranched alkanes of at least 4 members (excludes halogenated alkanes) is 2. The van der Waals surface area contributed by atoms with Crippen LogP contribution in [0, 0.1) is 0 Å². The Labute approximate surface area is 180 Å². The van der Waals surface area contributed by atoms with Crippen molar-refractivity contribution in [2.75, 3.05) is 0 Å². The van der Waals surface area contributed by atoms with E-state index in [-0.39, 0.29) is 11.8 Å². The Morgan fingerprint density at radius 3 is 1.45 bits per heavy atom. The number of nitrogens with one attached hydrogen (secondary N) is 2. The Bertz CT molecular complexity index is 778. The number of rotatable bonds is 10. The zero-order valence-corrected chi connectivity index (χ0v) is 17.3. The predicted molar refractivity (Wildman–Crippen MR) is 117 cm³/mol. The Morgan fingerprint density at radius 1 is 0.690 bits per heavy atom. The van der Waals surface area contributed by atoms with E-state index in [9.17, 15) is 9.59 Å². The van der Waals surface area contributed by atoms with E-state index in [4.69, 9.17) is 23.2 Å². The third kappa shape index (κ3) is 9.87. The molecule has 0 aliphatic heterocycles. The number of benzene rings is 2. The van der Waals surface area contributed by atoms with E-state index < -0.39 is 0 Å². The summed E-state index contributed by atoms with van der Waals surface area (Å²) in [6, 6.07) is 14.2. The number of halogens is 2. The van der Waals surface area contributed by atoms with Crippen LogP contribution in [0.2, 0.25) is 10.0 Å². The van der Waals surface area contributed by atoms with Gasteiger partial charge in [-0.1, -0.05) is 53.9 Å². The second-order valence-corrected chi connectivity index (χ2v) is 7.12. The molecule has 0 radical (unpaired) electrons. The van der Waals surface area contributed by atoms with Crippen LogP contribution < -0.4 is 10.9 Å². The van der Waals surface area contributed by atoms with E-state index in [1.54, 1.807) is 36.7 Å². The van der Waals surface area contributed by atoms with E-state index in [0.717, 1.165) is 17.5 Å². The molecular formula is C21H22Cl2N4O2. The minimum atomic E-state index is -0.160. The van der Waals surface area contributed by atoms with Crippen molar-refractivity contribution in [3.63, 3.8) is 0 Å². The molecule has 2 N–H and O–H groups in total. The lowest BCUT2D eigenvalue weighted by molar-refractivity contribution is -0.121. The highest BCUT2D eigenvalue weighted by molar-refractivity contribution is 6.30. The smallest absolute Gasteiger partial charge is 0.240 e. The summed E-state index contributed by atoms with van der Waals surface area (Å²) in [6.07, 6.45) is 5.96. The minimum Gasteiger partial charge on any atom is -0.273 e. The van der Waals surface area contributed by atoms with E-state index in [1.807, 2.05) is 24.3 Å². The Morgan fingerprint density at radius 2 is 1.07 bits per heavy atom. The molecule has 8 heteroatoms. The first kappa shape index (κ1) is 22.6. The Kier molecular flexibility index (Phi) is 9.89. The molecule has 29 heavy (non-hydrogen) atoms. The fourth-order valence-corrected chi connectivity index (χ4v) is 2.57. The van der Waals surface area contributed by atoms with Crippen molar-refractivity contribution in [1.82, 2.24) is 10.9 Å². The average Bonchev–Trinajstić information content (AvgIpc) is 2.71. The molecule has 2 amide bonds. The van der Waals surface area contributed by atoms with Crippen LogP contribution in [-0.2, 0) is 9.59 Å².